The zero-order chi connectivity index (χ0) is 15.6. The zero-order valence-electron chi connectivity index (χ0n) is 11.2. The predicted molar refractivity (Wildman–Crippen MR) is 87.9 cm³/mol. The Morgan fingerprint density at radius 2 is 2.24 bits per heavy atom. The molecule has 108 valence electrons. The van der Waals surface area contributed by atoms with Gasteiger partial charge in [0.1, 0.15) is 4.32 Å². The van der Waals surface area contributed by atoms with Crippen LogP contribution in [0.1, 0.15) is 11.1 Å². The Labute approximate surface area is 131 Å². The van der Waals surface area contributed by atoms with Gasteiger partial charge in [-0.1, -0.05) is 42.2 Å². The molecule has 5 nitrogen and oxygen atoms in total. The summed E-state index contributed by atoms with van der Waals surface area (Å²) in [5.74, 6) is -0.201. The molecule has 0 atom stereocenters. The molecule has 0 unspecified atom stereocenters. The lowest BCUT2D eigenvalue weighted by Crippen LogP contribution is -2.27. The fraction of sp³-hybridized carbons (Fsp3) is 0.143. The van der Waals surface area contributed by atoms with E-state index in [1.54, 1.807) is 31.2 Å². The predicted octanol–water partition coefficient (Wildman–Crippen LogP) is 3.29. The van der Waals surface area contributed by atoms with Crippen LogP contribution in [0.25, 0.3) is 6.08 Å². The van der Waals surface area contributed by atoms with Crippen molar-refractivity contribution in [3.63, 3.8) is 0 Å². The summed E-state index contributed by atoms with van der Waals surface area (Å²) < 4.78 is 0.466. The van der Waals surface area contributed by atoms with E-state index in [1.165, 1.54) is 22.7 Å². The second-order valence-electron chi connectivity index (χ2n) is 4.38. The van der Waals surface area contributed by atoms with Crippen molar-refractivity contribution in [1.82, 2.24) is 4.90 Å². The van der Waals surface area contributed by atoms with E-state index in [2.05, 4.69) is 6.58 Å². The van der Waals surface area contributed by atoms with Crippen LogP contribution in [0.2, 0.25) is 0 Å². The Balaban J connectivity index is 2.35. The molecular weight excluding hydrogens is 308 g/mol. The van der Waals surface area contributed by atoms with Crippen molar-refractivity contribution in [2.75, 3.05) is 6.54 Å². The van der Waals surface area contributed by atoms with Crippen molar-refractivity contribution in [3.05, 3.63) is 57.0 Å². The molecule has 1 aromatic carbocycles. The van der Waals surface area contributed by atoms with Gasteiger partial charge in [-0.2, -0.15) is 0 Å². The number of thiocarbonyl (C=S) groups is 1. The first-order chi connectivity index (χ1) is 9.93. The number of hydrogen-bond acceptors (Lipinski definition) is 5. The normalized spacial score (nSPS) is 16.6. The minimum Gasteiger partial charge on any atom is -0.289 e. The van der Waals surface area contributed by atoms with Crippen LogP contribution in [0.5, 0.6) is 0 Å². The molecule has 1 fully saturated rings. The highest BCUT2D eigenvalue weighted by Gasteiger charge is 2.31. The molecule has 0 radical (unpaired) electrons. The van der Waals surface area contributed by atoms with Crippen molar-refractivity contribution < 1.29 is 9.72 Å². The molecule has 1 saturated heterocycles. The first-order valence-corrected chi connectivity index (χ1v) is 7.28. The van der Waals surface area contributed by atoms with Crippen molar-refractivity contribution in [3.8, 4) is 0 Å². The Hall–Kier alpha value is -1.99. The number of thioether (sulfide) groups is 1. The lowest BCUT2D eigenvalue weighted by atomic mass is 10.1. The molecule has 0 bridgehead atoms. The van der Waals surface area contributed by atoms with E-state index in [1.807, 2.05) is 0 Å². The SMILES string of the molecule is C=CCN1C(=O)C(=Cc2ccc(C)c([N+](=O)[O-])c2)SC1=S. The third kappa shape index (κ3) is 3.20. The van der Waals surface area contributed by atoms with Crippen molar-refractivity contribution in [2.45, 2.75) is 6.92 Å². The van der Waals surface area contributed by atoms with Crippen LogP contribution in [0.3, 0.4) is 0 Å². The third-order valence-corrected chi connectivity index (χ3v) is 4.29. The maximum absolute atomic E-state index is 12.2. The molecular formula is C14H12N2O3S2. The summed E-state index contributed by atoms with van der Waals surface area (Å²) in [6.45, 7) is 5.61. The van der Waals surface area contributed by atoms with Crippen LogP contribution in [0.15, 0.2) is 35.8 Å². The summed E-state index contributed by atoms with van der Waals surface area (Å²) in [7, 11) is 0. The fourth-order valence-electron chi connectivity index (χ4n) is 1.85. The number of hydrogen-bond donors (Lipinski definition) is 0. The van der Waals surface area contributed by atoms with Crippen LogP contribution >= 0.6 is 24.0 Å². The molecule has 1 aliphatic rings. The first kappa shape index (κ1) is 15.4. The van der Waals surface area contributed by atoms with Crippen LogP contribution in [0, 0.1) is 17.0 Å². The number of nitro groups is 1. The summed E-state index contributed by atoms with van der Waals surface area (Å²) in [4.78, 5) is 24.6. The molecule has 1 amide bonds. The number of rotatable bonds is 4. The van der Waals surface area contributed by atoms with Crippen LogP contribution in [0.4, 0.5) is 5.69 Å². The molecule has 0 aromatic heterocycles. The number of carbonyl (C=O) groups is 1. The van der Waals surface area contributed by atoms with Gasteiger partial charge in [-0.25, -0.2) is 0 Å². The van der Waals surface area contributed by atoms with Gasteiger partial charge in [0.2, 0.25) is 0 Å². The van der Waals surface area contributed by atoms with Gasteiger partial charge in [0.05, 0.1) is 9.83 Å². The van der Waals surface area contributed by atoms with Gasteiger partial charge in [-0.3, -0.25) is 19.8 Å². The lowest BCUT2D eigenvalue weighted by Gasteiger charge is -2.10. The number of benzene rings is 1. The van der Waals surface area contributed by atoms with Crippen molar-refractivity contribution in [2.24, 2.45) is 0 Å². The second-order valence-corrected chi connectivity index (χ2v) is 6.06. The number of amides is 1. The van der Waals surface area contributed by atoms with E-state index in [4.69, 9.17) is 12.2 Å². The first-order valence-electron chi connectivity index (χ1n) is 6.05. The fourth-order valence-corrected chi connectivity index (χ4v) is 3.13. The van der Waals surface area contributed by atoms with Gasteiger partial charge in [0.15, 0.2) is 0 Å². The van der Waals surface area contributed by atoms with Gasteiger partial charge < -0.3 is 0 Å². The molecule has 1 aliphatic heterocycles. The summed E-state index contributed by atoms with van der Waals surface area (Å²) in [6.07, 6.45) is 3.22. The molecule has 0 aliphatic carbocycles. The van der Waals surface area contributed by atoms with Gasteiger partial charge in [-0.15, -0.1) is 6.58 Å². The van der Waals surface area contributed by atoms with Gasteiger partial charge in [0.25, 0.3) is 11.6 Å². The largest absolute Gasteiger partial charge is 0.289 e. The second kappa shape index (κ2) is 6.19. The summed E-state index contributed by atoms with van der Waals surface area (Å²) in [5, 5.41) is 10.9. The number of nitro benzene ring substituents is 1. The Bertz CT molecular complexity index is 683. The molecule has 21 heavy (non-hydrogen) atoms. The van der Waals surface area contributed by atoms with E-state index >= 15 is 0 Å². The molecule has 7 heteroatoms. The van der Waals surface area contributed by atoms with Gasteiger partial charge in [-0.05, 0) is 18.6 Å². The lowest BCUT2D eigenvalue weighted by molar-refractivity contribution is -0.385. The van der Waals surface area contributed by atoms with E-state index < -0.39 is 4.92 Å². The molecule has 0 spiro atoms. The average molecular weight is 320 g/mol. The van der Waals surface area contributed by atoms with Gasteiger partial charge in [0, 0.05) is 18.2 Å². The summed E-state index contributed by atoms with van der Waals surface area (Å²) in [6, 6.07) is 4.85. The maximum Gasteiger partial charge on any atom is 0.272 e. The molecule has 0 saturated carbocycles. The van der Waals surface area contributed by atoms with Crippen LogP contribution in [-0.2, 0) is 4.79 Å². The van der Waals surface area contributed by atoms with E-state index in [-0.39, 0.29) is 11.6 Å². The van der Waals surface area contributed by atoms with Crippen LogP contribution in [-0.4, -0.2) is 26.6 Å². The molecule has 0 N–H and O–H groups in total. The maximum atomic E-state index is 12.2. The minimum atomic E-state index is -0.435. The highest BCUT2D eigenvalue weighted by atomic mass is 32.2. The van der Waals surface area contributed by atoms with E-state index in [0.717, 1.165) is 0 Å². The topological polar surface area (TPSA) is 63.5 Å². The zero-order valence-corrected chi connectivity index (χ0v) is 12.9. The highest BCUT2D eigenvalue weighted by Crippen LogP contribution is 2.33. The minimum absolute atomic E-state index is 0.0327. The molecule has 1 heterocycles. The van der Waals surface area contributed by atoms with Crippen molar-refractivity contribution in [1.29, 1.82) is 0 Å². The number of nitrogens with zero attached hydrogens (tertiary/aromatic N) is 2. The quantitative estimate of drug-likeness (QED) is 0.280. The Kier molecular flexibility index (Phi) is 4.54. The van der Waals surface area contributed by atoms with E-state index in [9.17, 15) is 14.9 Å². The van der Waals surface area contributed by atoms with Crippen LogP contribution < -0.4 is 0 Å². The smallest absolute Gasteiger partial charge is 0.272 e. The number of carbonyl (C=O) groups excluding carboxylic acids is 1. The van der Waals surface area contributed by atoms with E-state index in [0.29, 0.717) is 26.9 Å². The molecule has 1 aromatic rings. The average Bonchev–Trinajstić information content (AvgIpc) is 2.69. The Morgan fingerprint density at radius 1 is 1.52 bits per heavy atom. The number of aryl methyl sites for hydroxylation is 1. The van der Waals surface area contributed by atoms with Gasteiger partial charge >= 0.3 is 0 Å². The standard InChI is InChI=1S/C14H12N2O3S2/c1-3-6-15-13(17)12(21-14(15)20)8-10-5-4-9(2)11(7-10)16(18)19/h3-5,7-8H,1,6H2,2H3. The Morgan fingerprint density at radius 3 is 2.86 bits per heavy atom. The monoisotopic (exact) mass is 320 g/mol. The van der Waals surface area contributed by atoms with Crippen molar-refractivity contribution >= 4 is 46.0 Å². The third-order valence-electron chi connectivity index (χ3n) is 2.91. The molecule has 2 rings (SSSR count). The summed E-state index contributed by atoms with van der Waals surface area (Å²) in [5.41, 5.74) is 1.22. The highest BCUT2D eigenvalue weighted by molar-refractivity contribution is 8.26. The summed E-state index contributed by atoms with van der Waals surface area (Å²) >= 11 is 6.32.